The van der Waals surface area contributed by atoms with Crippen LogP contribution in [0.15, 0.2) is 36.7 Å². The zero-order valence-electron chi connectivity index (χ0n) is 11.3. The lowest BCUT2D eigenvalue weighted by atomic mass is 10.0. The van der Waals surface area contributed by atoms with E-state index in [2.05, 4.69) is 53.4 Å². The minimum Gasteiger partial charge on any atom is -0.350 e. The van der Waals surface area contributed by atoms with Gasteiger partial charge in [0.15, 0.2) is 0 Å². The maximum Gasteiger partial charge on any atom is 0.0716 e. The summed E-state index contributed by atoms with van der Waals surface area (Å²) < 4.78 is 4.02. The molecule has 2 N–H and O–H groups in total. The summed E-state index contributed by atoms with van der Waals surface area (Å²) in [5.41, 5.74) is 10.4. The first-order valence-corrected chi connectivity index (χ1v) is 6.47. The van der Waals surface area contributed by atoms with E-state index >= 15 is 0 Å². The number of hydrogen-bond donors (Lipinski definition) is 1. The highest BCUT2D eigenvalue weighted by atomic mass is 15.3. The fourth-order valence-electron chi connectivity index (χ4n) is 2.64. The average molecular weight is 254 g/mol. The third kappa shape index (κ3) is 1.94. The van der Waals surface area contributed by atoms with Crippen molar-refractivity contribution in [1.82, 2.24) is 14.3 Å². The van der Waals surface area contributed by atoms with Crippen molar-refractivity contribution in [1.29, 1.82) is 0 Å². The molecule has 0 saturated carbocycles. The van der Waals surface area contributed by atoms with E-state index in [0.717, 1.165) is 12.1 Å². The van der Waals surface area contributed by atoms with Gasteiger partial charge in [0.25, 0.3) is 0 Å². The molecule has 0 aliphatic rings. The van der Waals surface area contributed by atoms with Crippen LogP contribution in [0.5, 0.6) is 0 Å². The number of benzene rings is 1. The molecule has 1 aromatic carbocycles. The van der Waals surface area contributed by atoms with Crippen LogP contribution in [-0.2, 0) is 20.5 Å². The Morgan fingerprint density at radius 3 is 2.68 bits per heavy atom. The summed E-state index contributed by atoms with van der Waals surface area (Å²) in [5.74, 6) is 0. The first-order chi connectivity index (χ1) is 9.20. The first-order valence-electron chi connectivity index (χ1n) is 6.47. The van der Waals surface area contributed by atoms with Crippen LogP contribution in [0.1, 0.15) is 5.69 Å². The SMILES string of the molecule is Cn1cc(-c2cn(C)c3ccccc23)c(CCN)n1. The number of nitrogens with zero attached hydrogens (tertiary/aromatic N) is 3. The molecule has 0 saturated heterocycles. The second-order valence-electron chi connectivity index (χ2n) is 4.87. The molecule has 0 aliphatic carbocycles. The zero-order valence-corrected chi connectivity index (χ0v) is 11.3. The van der Waals surface area contributed by atoms with E-state index in [1.807, 2.05) is 11.7 Å². The number of aromatic nitrogens is 3. The Morgan fingerprint density at radius 1 is 1.11 bits per heavy atom. The van der Waals surface area contributed by atoms with Crippen LogP contribution in [0.2, 0.25) is 0 Å². The van der Waals surface area contributed by atoms with Crippen molar-refractivity contribution < 1.29 is 0 Å². The van der Waals surface area contributed by atoms with Crippen molar-refractivity contribution in [3.8, 4) is 11.1 Å². The molecular formula is C15H18N4. The smallest absolute Gasteiger partial charge is 0.0716 e. The Kier molecular flexibility index (Phi) is 2.87. The van der Waals surface area contributed by atoms with Crippen LogP contribution in [0.3, 0.4) is 0 Å². The summed E-state index contributed by atoms with van der Waals surface area (Å²) in [6.07, 6.45) is 5.05. The lowest BCUT2D eigenvalue weighted by molar-refractivity contribution is 0.739. The largest absolute Gasteiger partial charge is 0.350 e. The predicted octanol–water partition coefficient (Wildman–Crippen LogP) is 2.08. The molecule has 0 aliphatic heterocycles. The standard InChI is InChI=1S/C15H18N4/c1-18-9-12(11-5-3-4-6-15(11)18)13-10-19(2)17-14(13)7-8-16/h3-6,9-10H,7-8,16H2,1-2H3. The zero-order chi connectivity index (χ0) is 13.4. The van der Waals surface area contributed by atoms with E-state index in [9.17, 15) is 0 Å². The molecule has 98 valence electrons. The van der Waals surface area contributed by atoms with Gasteiger partial charge in [-0.15, -0.1) is 0 Å². The van der Waals surface area contributed by atoms with Gasteiger partial charge in [0.05, 0.1) is 5.69 Å². The third-order valence-electron chi connectivity index (χ3n) is 3.47. The lowest BCUT2D eigenvalue weighted by Crippen LogP contribution is -2.04. The summed E-state index contributed by atoms with van der Waals surface area (Å²) in [6.45, 7) is 0.620. The molecule has 3 aromatic rings. The molecule has 4 nitrogen and oxygen atoms in total. The van der Waals surface area contributed by atoms with Gasteiger partial charge in [-0.3, -0.25) is 4.68 Å². The van der Waals surface area contributed by atoms with Crippen LogP contribution in [-0.4, -0.2) is 20.9 Å². The van der Waals surface area contributed by atoms with Gasteiger partial charge in [0.1, 0.15) is 0 Å². The van der Waals surface area contributed by atoms with Gasteiger partial charge in [-0.1, -0.05) is 18.2 Å². The number of hydrogen-bond acceptors (Lipinski definition) is 2. The van der Waals surface area contributed by atoms with Crippen molar-refractivity contribution in [2.24, 2.45) is 19.8 Å². The highest BCUT2D eigenvalue weighted by Gasteiger charge is 2.14. The van der Waals surface area contributed by atoms with E-state index in [1.54, 1.807) is 0 Å². The number of nitrogens with two attached hydrogens (primary N) is 1. The van der Waals surface area contributed by atoms with Crippen LogP contribution in [0.25, 0.3) is 22.0 Å². The lowest BCUT2D eigenvalue weighted by Gasteiger charge is -1.99. The molecule has 2 heterocycles. The summed E-state index contributed by atoms with van der Waals surface area (Å²) in [4.78, 5) is 0. The van der Waals surface area contributed by atoms with Gasteiger partial charge in [-0.2, -0.15) is 5.10 Å². The minimum atomic E-state index is 0.620. The molecule has 0 atom stereocenters. The van der Waals surface area contributed by atoms with E-state index in [-0.39, 0.29) is 0 Å². The molecule has 0 spiro atoms. The number of para-hydroxylation sites is 1. The first kappa shape index (κ1) is 12.0. The summed E-state index contributed by atoms with van der Waals surface area (Å²) in [5, 5.41) is 5.78. The van der Waals surface area contributed by atoms with Crippen LogP contribution < -0.4 is 5.73 Å². The highest BCUT2D eigenvalue weighted by molar-refractivity contribution is 5.96. The Hall–Kier alpha value is -2.07. The second kappa shape index (κ2) is 4.55. The predicted molar refractivity (Wildman–Crippen MR) is 77.9 cm³/mol. The Balaban J connectivity index is 2.24. The van der Waals surface area contributed by atoms with Crippen molar-refractivity contribution >= 4 is 10.9 Å². The van der Waals surface area contributed by atoms with Gasteiger partial charge < -0.3 is 10.3 Å². The quantitative estimate of drug-likeness (QED) is 0.778. The molecule has 3 rings (SSSR count). The molecule has 0 fully saturated rings. The Labute approximate surface area is 112 Å². The minimum absolute atomic E-state index is 0.620. The molecule has 2 aromatic heterocycles. The number of aryl methyl sites for hydroxylation is 2. The van der Waals surface area contributed by atoms with E-state index in [1.165, 1.54) is 22.0 Å². The van der Waals surface area contributed by atoms with Crippen LogP contribution >= 0.6 is 0 Å². The van der Waals surface area contributed by atoms with Gasteiger partial charge in [0, 0.05) is 54.9 Å². The molecule has 0 radical (unpaired) electrons. The summed E-state index contributed by atoms with van der Waals surface area (Å²) in [7, 11) is 4.03. The monoisotopic (exact) mass is 254 g/mol. The summed E-state index contributed by atoms with van der Waals surface area (Å²) in [6, 6.07) is 8.43. The topological polar surface area (TPSA) is 48.8 Å². The van der Waals surface area contributed by atoms with E-state index in [0.29, 0.717) is 6.54 Å². The maximum atomic E-state index is 5.68. The molecule has 0 bridgehead atoms. The molecular weight excluding hydrogens is 236 g/mol. The van der Waals surface area contributed by atoms with Gasteiger partial charge >= 0.3 is 0 Å². The Bertz CT molecular complexity index is 721. The fourth-order valence-corrected chi connectivity index (χ4v) is 2.64. The van der Waals surface area contributed by atoms with Crippen LogP contribution in [0, 0.1) is 0 Å². The van der Waals surface area contributed by atoms with Crippen LogP contribution in [0.4, 0.5) is 0 Å². The highest BCUT2D eigenvalue weighted by Crippen LogP contribution is 2.31. The summed E-state index contributed by atoms with van der Waals surface area (Å²) >= 11 is 0. The van der Waals surface area contributed by atoms with Gasteiger partial charge in [-0.25, -0.2) is 0 Å². The van der Waals surface area contributed by atoms with E-state index < -0.39 is 0 Å². The Morgan fingerprint density at radius 2 is 1.89 bits per heavy atom. The van der Waals surface area contributed by atoms with Crippen molar-refractivity contribution in [3.05, 3.63) is 42.4 Å². The second-order valence-corrected chi connectivity index (χ2v) is 4.87. The number of rotatable bonds is 3. The van der Waals surface area contributed by atoms with Gasteiger partial charge in [-0.05, 0) is 12.6 Å². The fraction of sp³-hybridized carbons (Fsp3) is 0.267. The van der Waals surface area contributed by atoms with Crippen molar-refractivity contribution in [2.45, 2.75) is 6.42 Å². The molecule has 0 unspecified atom stereocenters. The van der Waals surface area contributed by atoms with Crippen molar-refractivity contribution in [2.75, 3.05) is 6.54 Å². The average Bonchev–Trinajstić information content (AvgIpc) is 2.92. The molecule has 0 amide bonds. The van der Waals surface area contributed by atoms with Crippen molar-refractivity contribution in [3.63, 3.8) is 0 Å². The maximum absolute atomic E-state index is 5.68. The van der Waals surface area contributed by atoms with Gasteiger partial charge in [0.2, 0.25) is 0 Å². The van der Waals surface area contributed by atoms with E-state index in [4.69, 9.17) is 5.73 Å². The normalized spacial score (nSPS) is 11.3. The third-order valence-corrected chi connectivity index (χ3v) is 3.47. The number of fused-ring (bicyclic) bond motifs is 1. The molecule has 19 heavy (non-hydrogen) atoms. The molecule has 4 heteroatoms.